The normalized spacial score (nSPS) is 14.6. The Morgan fingerprint density at radius 2 is 1.53 bits per heavy atom. The molecule has 4 rings (SSSR count). The maximum atomic E-state index is 14.3. The van der Waals surface area contributed by atoms with Crippen LogP contribution in [0.15, 0.2) is 71.6 Å². The number of amides is 2. The van der Waals surface area contributed by atoms with Crippen molar-refractivity contribution in [2.45, 2.75) is 75.9 Å². The quantitative estimate of drug-likeness (QED) is 0.231. The van der Waals surface area contributed by atoms with Crippen LogP contribution in [0.2, 0.25) is 15.1 Å². The van der Waals surface area contributed by atoms with E-state index in [-0.39, 0.29) is 29.1 Å². The van der Waals surface area contributed by atoms with E-state index < -0.39 is 28.5 Å². The number of halogens is 3. The lowest BCUT2D eigenvalue weighted by Gasteiger charge is -2.34. The van der Waals surface area contributed by atoms with Crippen LogP contribution in [0.5, 0.6) is 0 Å². The van der Waals surface area contributed by atoms with Crippen LogP contribution in [0.25, 0.3) is 0 Å². The van der Waals surface area contributed by atoms with Gasteiger partial charge in [0.1, 0.15) is 12.6 Å². The summed E-state index contributed by atoms with van der Waals surface area (Å²) in [6, 6.07) is 16.8. The Hall–Kier alpha value is -2.78. The lowest BCUT2D eigenvalue weighted by atomic mass is 9.95. The molecule has 1 fully saturated rings. The average Bonchev–Trinajstić information content (AvgIpc) is 2.98. The predicted molar refractivity (Wildman–Crippen MR) is 173 cm³/mol. The fourth-order valence-electron chi connectivity index (χ4n) is 5.27. The molecule has 11 heteroatoms. The maximum absolute atomic E-state index is 14.3. The molecule has 0 bridgehead atoms. The molecule has 1 N–H and O–H groups in total. The third kappa shape index (κ3) is 8.44. The second kappa shape index (κ2) is 14.8. The highest BCUT2D eigenvalue weighted by molar-refractivity contribution is 7.92. The van der Waals surface area contributed by atoms with E-state index in [1.165, 1.54) is 17.0 Å². The molecule has 43 heavy (non-hydrogen) atoms. The number of nitrogens with zero attached hydrogens (tertiary/aromatic N) is 2. The van der Waals surface area contributed by atoms with Crippen molar-refractivity contribution in [3.63, 3.8) is 0 Å². The summed E-state index contributed by atoms with van der Waals surface area (Å²) in [5.74, 6) is -0.824. The molecule has 0 spiro atoms. The number of anilines is 1. The molecular formula is C32H36Cl3N3O4S. The van der Waals surface area contributed by atoms with Crippen molar-refractivity contribution in [1.29, 1.82) is 0 Å². The van der Waals surface area contributed by atoms with E-state index >= 15 is 0 Å². The van der Waals surface area contributed by atoms with E-state index in [1.54, 1.807) is 54.6 Å². The van der Waals surface area contributed by atoms with Crippen molar-refractivity contribution in [3.05, 3.63) is 92.9 Å². The number of hydrogen-bond donors (Lipinski definition) is 1. The predicted octanol–water partition coefficient (Wildman–Crippen LogP) is 7.41. The first-order chi connectivity index (χ1) is 20.5. The minimum Gasteiger partial charge on any atom is -0.352 e. The summed E-state index contributed by atoms with van der Waals surface area (Å²) >= 11 is 18.7. The summed E-state index contributed by atoms with van der Waals surface area (Å²) in [5.41, 5.74) is 1.75. The summed E-state index contributed by atoms with van der Waals surface area (Å²) in [7, 11) is -4.18. The Bertz CT molecular complexity index is 1530. The van der Waals surface area contributed by atoms with Crippen LogP contribution in [0.3, 0.4) is 0 Å². The van der Waals surface area contributed by atoms with E-state index in [2.05, 4.69) is 5.32 Å². The molecule has 1 unspecified atom stereocenters. The van der Waals surface area contributed by atoms with Crippen molar-refractivity contribution in [2.75, 3.05) is 10.8 Å². The van der Waals surface area contributed by atoms with Gasteiger partial charge < -0.3 is 10.2 Å². The fraction of sp³-hybridized carbons (Fsp3) is 0.375. The van der Waals surface area contributed by atoms with Crippen molar-refractivity contribution in [1.82, 2.24) is 10.2 Å². The third-order valence-electron chi connectivity index (χ3n) is 7.70. The molecular weight excluding hydrogens is 629 g/mol. The lowest BCUT2D eigenvalue weighted by molar-refractivity contribution is -0.140. The van der Waals surface area contributed by atoms with E-state index in [9.17, 15) is 18.0 Å². The number of benzene rings is 3. The zero-order chi connectivity index (χ0) is 31.1. The van der Waals surface area contributed by atoms with Crippen LogP contribution in [0, 0.1) is 6.92 Å². The van der Waals surface area contributed by atoms with Crippen LogP contribution in [0.1, 0.15) is 56.6 Å². The monoisotopic (exact) mass is 663 g/mol. The Morgan fingerprint density at radius 1 is 0.907 bits per heavy atom. The highest BCUT2D eigenvalue weighted by atomic mass is 35.5. The van der Waals surface area contributed by atoms with Gasteiger partial charge in [-0.2, -0.15) is 0 Å². The molecule has 0 saturated heterocycles. The van der Waals surface area contributed by atoms with Crippen molar-refractivity contribution >= 4 is 62.3 Å². The SMILES string of the molecule is CCC(C(=O)NC1CCCCC1)N(Cc1ccc(Cl)cc1Cl)C(=O)CN(c1ccc(Cl)cc1)S(=O)(=O)c1ccc(C)cc1. The minimum absolute atomic E-state index is 0.00946. The molecule has 3 aromatic carbocycles. The molecule has 0 aliphatic heterocycles. The third-order valence-corrected chi connectivity index (χ3v) is 10.3. The zero-order valence-electron chi connectivity index (χ0n) is 24.2. The molecule has 1 saturated carbocycles. The number of carbonyl (C=O) groups excluding carboxylic acids is 2. The van der Waals surface area contributed by atoms with Gasteiger partial charge in [0, 0.05) is 27.7 Å². The average molecular weight is 665 g/mol. The Labute approximate surface area is 269 Å². The molecule has 0 radical (unpaired) electrons. The second-order valence-electron chi connectivity index (χ2n) is 10.8. The van der Waals surface area contributed by atoms with Crippen LogP contribution >= 0.6 is 34.8 Å². The zero-order valence-corrected chi connectivity index (χ0v) is 27.3. The Balaban J connectivity index is 1.72. The molecule has 0 heterocycles. The number of sulfonamides is 1. The molecule has 1 aliphatic rings. The van der Waals surface area contributed by atoms with Gasteiger partial charge in [0.25, 0.3) is 10.0 Å². The van der Waals surface area contributed by atoms with Gasteiger partial charge in [-0.1, -0.05) is 84.8 Å². The van der Waals surface area contributed by atoms with Gasteiger partial charge in [-0.15, -0.1) is 0 Å². The van der Waals surface area contributed by atoms with E-state index in [0.717, 1.165) is 42.0 Å². The highest BCUT2D eigenvalue weighted by Gasteiger charge is 2.34. The molecule has 7 nitrogen and oxygen atoms in total. The first-order valence-electron chi connectivity index (χ1n) is 14.4. The summed E-state index contributed by atoms with van der Waals surface area (Å²) < 4.78 is 29.0. The topological polar surface area (TPSA) is 86.8 Å². The molecule has 1 atom stereocenters. The first-order valence-corrected chi connectivity index (χ1v) is 17.0. The van der Waals surface area contributed by atoms with Gasteiger partial charge in [0.05, 0.1) is 10.6 Å². The number of nitrogens with one attached hydrogen (secondary N) is 1. The molecule has 2 amide bonds. The molecule has 3 aromatic rings. The van der Waals surface area contributed by atoms with Crippen molar-refractivity contribution in [2.24, 2.45) is 0 Å². The summed E-state index contributed by atoms with van der Waals surface area (Å²) in [6.07, 6.45) is 5.31. The number of aryl methyl sites for hydroxylation is 1. The van der Waals surface area contributed by atoms with E-state index in [1.807, 2.05) is 13.8 Å². The summed E-state index contributed by atoms with van der Waals surface area (Å²) in [6.45, 7) is 3.13. The Morgan fingerprint density at radius 3 is 2.14 bits per heavy atom. The highest BCUT2D eigenvalue weighted by Crippen LogP contribution is 2.28. The van der Waals surface area contributed by atoms with Gasteiger partial charge in [-0.25, -0.2) is 8.42 Å². The summed E-state index contributed by atoms with van der Waals surface area (Å²) in [4.78, 5) is 29.4. The van der Waals surface area contributed by atoms with Crippen LogP contribution in [-0.4, -0.2) is 43.8 Å². The molecule has 230 valence electrons. The largest absolute Gasteiger partial charge is 0.352 e. The standard InChI is InChI=1S/C32H36Cl3N3O4S/c1-3-30(32(40)36-26-7-5-4-6-8-26)37(20-23-11-12-25(34)19-29(23)35)31(39)21-38(27-15-13-24(33)14-16-27)43(41,42)28-17-9-22(2)10-18-28/h9-19,26,30H,3-8,20-21H2,1-2H3,(H,36,40). The number of rotatable bonds is 11. The van der Waals surface area contributed by atoms with E-state index in [0.29, 0.717) is 27.1 Å². The number of carbonyl (C=O) groups is 2. The van der Waals surface area contributed by atoms with Gasteiger partial charge in [-0.3, -0.25) is 13.9 Å². The molecule has 1 aliphatic carbocycles. The first kappa shape index (κ1) is 33.1. The maximum Gasteiger partial charge on any atom is 0.264 e. The smallest absolute Gasteiger partial charge is 0.264 e. The van der Waals surface area contributed by atoms with Crippen LogP contribution in [-0.2, 0) is 26.2 Å². The fourth-order valence-corrected chi connectivity index (χ4v) is 7.28. The van der Waals surface area contributed by atoms with Crippen LogP contribution < -0.4 is 9.62 Å². The van der Waals surface area contributed by atoms with Gasteiger partial charge in [0.15, 0.2) is 0 Å². The van der Waals surface area contributed by atoms with Gasteiger partial charge in [0.2, 0.25) is 11.8 Å². The van der Waals surface area contributed by atoms with Gasteiger partial charge in [-0.05, 0) is 80.3 Å². The van der Waals surface area contributed by atoms with Gasteiger partial charge >= 0.3 is 0 Å². The number of hydrogen-bond acceptors (Lipinski definition) is 4. The van der Waals surface area contributed by atoms with E-state index in [4.69, 9.17) is 34.8 Å². The van der Waals surface area contributed by atoms with Crippen molar-refractivity contribution < 1.29 is 18.0 Å². The minimum atomic E-state index is -4.18. The summed E-state index contributed by atoms with van der Waals surface area (Å²) in [5, 5.41) is 4.34. The second-order valence-corrected chi connectivity index (χ2v) is 14.0. The van der Waals surface area contributed by atoms with Crippen molar-refractivity contribution in [3.8, 4) is 0 Å². The van der Waals surface area contributed by atoms with Crippen LogP contribution in [0.4, 0.5) is 5.69 Å². The molecule has 0 aromatic heterocycles. The lowest BCUT2D eigenvalue weighted by Crippen LogP contribution is -2.54. The Kier molecular flexibility index (Phi) is 11.4.